The normalized spacial score (nSPS) is 10.0. The van der Waals surface area contributed by atoms with Crippen molar-refractivity contribution in [2.45, 2.75) is 43.2 Å². The van der Waals surface area contributed by atoms with Gasteiger partial charge in [-0.2, -0.15) is 0 Å². The van der Waals surface area contributed by atoms with Gasteiger partial charge < -0.3 is 0 Å². The summed E-state index contributed by atoms with van der Waals surface area (Å²) < 4.78 is 0. The molecule has 0 heterocycles. The Hall–Kier alpha value is 0.532. The van der Waals surface area contributed by atoms with Gasteiger partial charge in [-0.1, -0.05) is 0 Å². The second-order valence-corrected chi connectivity index (χ2v) is 4.09. The van der Waals surface area contributed by atoms with E-state index in [0.717, 1.165) is 21.6 Å². The van der Waals surface area contributed by atoms with E-state index >= 15 is 0 Å². The molecule has 0 amide bonds. The van der Waals surface area contributed by atoms with E-state index in [1.807, 2.05) is 0 Å². The molecular weight excluding hydrogens is 148 g/mol. The van der Waals surface area contributed by atoms with E-state index < -0.39 is 0 Å². The molecule has 9 heavy (non-hydrogen) atoms. The zero-order chi connectivity index (χ0) is 6.95. The summed E-state index contributed by atoms with van der Waals surface area (Å²) in [6.45, 7) is 6.08. The molecule has 1 radical (unpaired) electrons. The van der Waals surface area contributed by atoms with Gasteiger partial charge in [0.2, 0.25) is 0 Å². The second-order valence-electron chi connectivity index (χ2n) is 2.17. The fraction of sp³-hybridized carbons (Fsp3) is 0.875. The molecule has 0 spiro atoms. The van der Waals surface area contributed by atoms with Gasteiger partial charge in [-0.05, 0) is 0 Å². The van der Waals surface area contributed by atoms with Crippen molar-refractivity contribution in [1.82, 2.24) is 0 Å². The molecule has 0 nitrogen and oxygen atoms in total. The van der Waals surface area contributed by atoms with E-state index in [4.69, 9.17) is 0 Å². The predicted molar refractivity (Wildman–Crippen MR) is 39.1 cm³/mol. The average Bonchev–Trinajstić information content (AvgIpc) is 1.89. The van der Waals surface area contributed by atoms with Gasteiger partial charge in [0.05, 0.1) is 0 Å². The van der Waals surface area contributed by atoms with E-state index in [0.29, 0.717) is 0 Å². The molecule has 0 bridgehead atoms. The number of hydrogen-bond acceptors (Lipinski definition) is 0. The molecule has 1 heteroatoms. The van der Waals surface area contributed by atoms with Crippen molar-refractivity contribution in [3.05, 3.63) is 6.92 Å². The number of hydrogen-bond donors (Lipinski definition) is 0. The third-order valence-electron chi connectivity index (χ3n) is 1.18. The second kappa shape index (κ2) is 8.53. The van der Waals surface area contributed by atoms with Gasteiger partial charge in [0.15, 0.2) is 0 Å². The van der Waals surface area contributed by atoms with Crippen LogP contribution in [0.25, 0.3) is 0 Å². The zero-order valence-electron chi connectivity index (χ0n) is 6.36. The summed E-state index contributed by atoms with van der Waals surface area (Å²) in [5.41, 5.74) is 0. The summed E-state index contributed by atoms with van der Waals surface area (Å²) in [6.07, 6.45) is 5.39. The summed E-state index contributed by atoms with van der Waals surface area (Å²) in [7, 11) is 0. The molecule has 55 valence electrons. The fourth-order valence-electron chi connectivity index (χ4n) is 0.658. The van der Waals surface area contributed by atoms with Crippen molar-refractivity contribution in [2.24, 2.45) is 0 Å². The molecule has 0 aromatic rings. The van der Waals surface area contributed by atoms with Crippen LogP contribution in [0.4, 0.5) is 0 Å². The van der Waals surface area contributed by atoms with Crippen LogP contribution in [-0.2, 0) is 15.2 Å². The SMILES string of the molecule is [CH2]C[CH2][Cr][CH2]CCCC. The van der Waals surface area contributed by atoms with E-state index in [2.05, 4.69) is 13.8 Å². The van der Waals surface area contributed by atoms with Crippen LogP contribution in [0, 0.1) is 6.92 Å². The predicted octanol–water partition coefficient (Wildman–Crippen LogP) is 3.32. The standard InChI is InChI=1S/C5H11.C3H6.Cr/c1-3-5-4-2;1-3-2;/h1,3-5H2,2H3;1-3H2;. The third kappa shape index (κ3) is 8.53. The average molecular weight is 165 g/mol. The molecule has 0 saturated heterocycles. The van der Waals surface area contributed by atoms with Crippen molar-refractivity contribution in [3.8, 4) is 0 Å². The molecule has 0 unspecified atom stereocenters. The first kappa shape index (κ1) is 9.53. The first-order valence-corrected chi connectivity index (χ1v) is 5.59. The van der Waals surface area contributed by atoms with Gasteiger partial charge in [0.25, 0.3) is 0 Å². The van der Waals surface area contributed by atoms with Crippen molar-refractivity contribution < 1.29 is 15.2 Å². The summed E-state index contributed by atoms with van der Waals surface area (Å²) in [4.78, 5) is 0. The Balaban J connectivity index is 2.60. The molecule has 0 aromatic heterocycles. The first-order chi connectivity index (χ1) is 4.41. The van der Waals surface area contributed by atoms with Crippen LogP contribution in [0.5, 0.6) is 0 Å². The van der Waals surface area contributed by atoms with Crippen molar-refractivity contribution in [2.75, 3.05) is 0 Å². The minimum absolute atomic E-state index is 0.914. The van der Waals surface area contributed by atoms with Gasteiger partial charge in [-0.15, -0.1) is 0 Å². The molecule has 0 N–H and O–H groups in total. The van der Waals surface area contributed by atoms with Crippen LogP contribution >= 0.6 is 0 Å². The van der Waals surface area contributed by atoms with Gasteiger partial charge >= 0.3 is 65.3 Å². The number of rotatable bonds is 6. The molecule has 0 aromatic carbocycles. The maximum atomic E-state index is 3.82. The fourth-order valence-corrected chi connectivity index (χ4v) is 1.93. The first-order valence-electron chi connectivity index (χ1n) is 3.78. The number of unbranched alkanes of at least 4 members (excludes halogenated alkanes) is 2. The van der Waals surface area contributed by atoms with Gasteiger partial charge in [-0.25, -0.2) is 0 Å². The van der Waals surface area contributed by atoms with Crippen LogP contribution < -0.4 is 0 Å². The Morgan fingerprint density at radius 3 is 2.56 bits per heavy atom. The topological polar surface area (TPSA) is 0 Å². The molecule has 0 saturated carbocycles. The Bertz CT molecular complexity index is 37.8. The zero-order valence-corrected chi connectivity index (χ0v) is 7.63. The van der Waals surface area contributed by atoms with Crippen LogP contribution in [0.2, 0.25) is 10.6 Å². The Morgan fingerprint density at radius 1 is 1.22 bits per heavy atom. The molecule has 0 rings (SSSR count). The monoisotopic (exact) mass is 165 g/mol. The molecule has 0 aliphatic rings. The quantitative estimate of drug-likeness (QED) is 0.529. The summed E-state index contributed by atoms with van der Waals surface area (Å²) >= 11 is 0.914. The van der Waals surface area contributed by atoms with Crippen LogP contribution in [0.1, 0.15) is 32.6 Å². The summed E-state index contributed by atoms with van der Waals surface area (Å²) in [6, 6.07) is 0. The summed E-state index contributed by atoms with van der Waals surface area (Å²) in [5.74, 6) is 0. The Labute approximate surface area is 65.7 Å². The van der Waals surface area contributed by atoms with Gasteiger partial charge in [-0.3, -0.25) is 0 Å². The minimum atomic E-state index is 0.914. The van der Waals surface area contributed by atoms with E-state index in [9.17, 15) is 0 Å². The van der Waals surface area contributed by atoms with Crippen LogP contribution in [0.15, 0.2) is 0 Å². The molecule has 0 aliphatic heterocycles. The third-order valence-corrected chi connectivity index (χ3v) is 2.98. The van der Waals surface area contributed by atoms with Crippen LogP contribution in [-0.4, -0.2) is 0 Å². The summed E-state index contributed by atoms with van der Waals surface area (Å²) in [5, 5.41) is 2.87. The Kier molecular flexibility index (Phi) is 9.04. The van der Waals surface area contributed by atoms with Gasteiger partial charge in [0, 0.05) is 0 Å². The molecule has 0 fully saturated rings. The van der Waals surface area contributed by atoms with E-state index in [1.54, 1.807) is 0 Å². The molecular formula is C8H17Cr. The van der Waals surface area contributed by atoms with Crippen molar-refractivity contribution in [3.63, 3.8) is 0 Å². The molecule has 0 atom stereocenters. The van der Waals surface area contributed by atoms with E-state index in [1.165, 1.54) is 29.8 Å². The van der Waals surface area contributed by atoms with Crippen molar-refractivity contribution in [1.29, 1.82) is 0 Å². The molecule has 0 aliphatic carbocycles. The van der Waals surface area contributed by atoms with E-state index in [-0.39, 0.29) is 0 Å². The van der Waals surface area contributed by atoms with Crippen molar-refractivity contribution >= 4 is 0 Å². The van der Waals surface area contributed by atoms with Crippen LogP contribution in [0.3, 0.4) is 0 Å². The Morgan fingerprint density at radius 2 is 2.00 bits per heavy atom. The maximum absolute atomic E-state index is 3.82. The van der Waals surface area contributed by atoms with Gasteiger partial charge in [0.1, 0.15) is 0 Å².